The number of pyridine rings is 1. The Morgan fingerprint density at radius 2 is 2.00 bits per heavy atom. The molecular weight excluding hydrogens is 391 g/mol. The molecule has 2 amide bonds. The maximum atomic E-state index is 13.4. The van der Waals surface area contributed by atoms with E-state index in [-0.39, 0.29) is 11.8 Å². The van der Waals surface area contributed by atoms with E-state index in [0.717, 1.165) is 18.8 Å². The third-order valence-electron chi connectivity index (χ3n) is 4.77. The van der Waals surface area contributed by atoms with Gasteiger partial charge in [-0.15, -0.1) is 0 Å². The van der Waals surface area contributed by atoms with Gasteiger partial charge in [-0.25, -0.2) is 19.0 Å². The quantitative estimate of drug-likeness (QED) is 0.754. The molecule has 1 aliphatic heterocycles. The van der Waals surface area contributed by atoms with Gasteiger partial charge in [0, 0.05) is 38.4 Å². The standard InChI is InChI=1S/C21H25FN4O4/c1-3-30-20(27)15-5-8-19(23-14-15)25-9-4-10-26(12-11-25)21(28)24-17-7-6-16(22)13-18(17)29-2/h5-8,13-14H,3-4,9-12H2,1-2H3,(H,24,28). The predicted octanol–water partition coefficient (Wildman–Crippen LogP) is 3.15. The summed E-state index contributed by atoms with van der Waals surface area (Å²) in [6, 6.07) is 7.18. The summed E-state index contributed by atoms with van der Waals surface area (Å²) in [6.45, 7) is 4.47. The average Bonchev–Trinajstić information content (AvgIpc) is 3.01. The summed E-state index contributed by atoms with van der Waals surface area (Å²) in [5, 5.41) is 2.78. The van der Waals surface area contributed by atoms with Crippen LogP contribution in [0.4, 0.5) is 20.7 Å². The van der Waals surface area contributed by atoms with Crippen LogP contribution in [-0.4, -0.2) is 61.8 Å². The predicted molar refractivity (Wildman–Crippen MR) is 111 cm³/mol. The van der Waals surface area contributed by atoms with Gasteiger partial charge in [-0.05, 0) is 37.6 Å². The highest BCUT2D eigenvalue weighted by atomic mass is 19.1. The Morgan fingerprint density at radius 1 is 1.17 bits per heavy atom. The summed E-state index contributed by atoms with van der Waals surface area (Å²) in [7, 11) is 1.43. The number of hydrogen-bond acceptors (Lipinski definition) is 6. The molecule has 0 radical (unpaired) electrons. The molecule has 1 fully saturated rings. The fourth-order valence-corrected chi connectivity index (χ4v) is 3.22. The Kier molecular flexibility index (Phi) is 7.05. The topological polar surface area (TPSA) is 84.0 Å². The van der Waals surface area contributed by atoms with Crippen LogP contribution >= 0.6 is 0 Å². The van der Waals surface area contributed by atoms with Crippen molar-refractivity contribution in [1.82, 2.24) is 9.88 Å². The first kappa shape index (κ1) is 21.4. The van der Waals surface area contributed by atoms with Crippen LogP contribution in [0.1, 0.15) is 23.7 Å². The van der Waals surface area contributed by atoms with Gasteiger partial charge in [-0.2, -0.15) is 0 Å². The van der Waals surface area contributed by atoms with Crippen molar-refractivity contribution in [3.63, 3.8) is 0 Å². The molecule has 1 saturated heterocycles. The van der Waals surface area contributed by atoms with Crippen molar-refractivity contribution in [3.8, 4) is 5.75 Å². The number of halogens is 1. The van der Waals surface area contributed by atoms with Crippen LogP contribution in [0.3, 0.4) is 0 Å². The number of benzene rings is 1. The molecule has 1 N–H and O–H groups in total. The average molecular weight is 416 g/mol. The number of esters is 1. The molecule has 30 heavy (non-hydrogen) atoms. The van der Waals surface area contributed by atoms with Gasteiger partial charge in [0.2, 0.25) is 0 Å². The first-order valence-corrected chi connectivity index (χ1v) is 9.79. The van der Waals surface area contributed by atoms with E-state index in [1.54, 1.807) is 24.0 Å². The summed E-state index contributed by atoms with van der Waals surface area (Å²) in [6.07, 6.45) is 2.26. The normalized spacial score (nSPS) is 14.1. The van der Waals surface area contributed by atoms with Gasteiger partial charge in [0.15, 0.2) is 0 Å². The molecule has 1 aromatic carbocycles. The minimum atomic E-state index is -0.434. The van der Waals surface area contributed by atoms with E-state index in [9.17, 15) is 14.0 Å². The van der Waals surface area contributed by atoms with Gasteiger partial charge in [0.05, 0.1) is 25.0 Å². The minimum absolute atomic E-state index is 0.269. The van der Waals surface area contributed by atoms with Crippen LogP contribution in [-0.2, 0) is 4.74 Å². The van der Waals surface area contributed by atoms with Crippen molar-refractivity contribution in [1.29, 1.82) is 0 Å². The number of rotatable bonds is 5. The molecule has 1 aromatic heterocycles. The maximum Gasteiger partial charge on any atom is 0.339 e. The zero-order valence-corrected chi connectivity index (χ0v) is 17.1. The lowest BCUT2D eigenvalue weighted by molar-refractivity contribution is 0.0526. The molecule has 1 aliphatic rings. The number of amides is 2. The number of nitrogens with zero attached hydrogens (tertiary/aromatic N) is 3. The van der Waals surface area contributed by atoms with Crippen LogP contribution in [0.15, 0.2) is 36.5 Å². The maximum absolute atomic E-state index is 13.4. The van der Waals surface area contributed by atoms with Crippen molar-refractivity contribution >= 4 is 23.5 Å². The lowest BCUT2D eigenvalue weighted by Gasteiger charge is -2.23. The van der Waals surface area contributed by atoms with Crippen LogP contribution < -0.4 is 15.0 Å². The highest BCUT2D eigenvalue weighted by Crippen LogP contribution is 2.25. The molecule has 160 valence electrons. The van der Waals surface area contributed by atoms with E-state index in [1.807, 2.05) is 0 Å². The SMILES string of the molecule is CCOC(=O)c1ccc(N2CCCN(C(=O)Nc3ccc(F)cc3OC)CC2)nc1. The van der Waals surface area contributed by atoms with Crippen molar-refractivity contribution in [2.75, 3.05) is 50.1 Å². The van der Waals surface area contributed by atoms with Crippen molar-refractivity contribution in [2.45, 2.75) is 13.3 Å². The van der Waals surface area contributed by atoms with Crippen LogP contribution in [0.2, 0.25) is 0 Å². The second-order valence-corrected chi connectivity index (χ2v) is 6.73. The molecule has 8 nitrogen and oxygen atoms in total. The van der Waals surface area contributed by atoms with Gasteiger partial charge >= 0.3 is 12.0 Å². The van der Waals surface area contributed by atoms with Gasteiger partial charge in [-0.3, -0.25) is 0 Å². The van der Waals surface area contributed by atoms with Gasteiger partial charge in [0.1, 0.15) is 17.4 Å². The smallest absolute Gasteiger partial charge is 0.339 e. The number of ether oxygens (including phenoxy) is 2. The van der Waals surface area contributed by atoms with E-state index >= 15 is 0 Å². The number of aromatic nitrogens is 1. The Balaban J connectivity index is 1.60. The molecule has 3 rings (SSSR count). The van der Waals surface area contributed by atoms with E-state index < -0.39 is 11.8 Å². The first-order chi connectivity index (χ1) is 14.5. The first-order valence-electron chi connectivity index (χ1n) is 9.79. The van der Waals surface area contributed by atoms with E-state index in [4.69, 9.17) is 9.47 Å². The number of carbonyl (C=O) groups is 2. The van der Waals surface area contributed by atoms with Crippen molar-refractivity contribution < 1.29 is 23.5 Å². The summed E-state index contributed by atoms with van der Waals surface area (Å²) < 4.78 is 23.5. The second kappa shape index (κ2) is 9.91. The molecule has 0 atom stereocenters. The molecule has 0 spiro atoms. The Bertz CT molecular complexity index is 891. The van der Waals surface area contributed by atoms with Crippen LogP contribution in [0, 0.1) is 5.82 Å². The highest BCUT2D eigenvalue weighted by molar-refractivity contribution is 5.91. The largest absolute Gasteiger partial charge is 0.494 e. The number of carbonyl (C=O) groups excluding carboxylic acids is 2. The molecule has 2 aromatic rings. The lowest BCUT2D eigenvalue weighted by atomic mass is 10.2. The van der Waals surface area contributed by atoms with Crippen molar-refractivity contribution in [3.05, 3.63) is 47.9 Å². The van der Waals surface area contributed by atoms with Crippen LogP contribution in [0.5, 0.6) is 5.75 Å². The number of hydrogen-bond donors (Lipinski definition) is 1. The lowest BCUT2D eigenvalue weighted by Crippen LogP contribution is -2.38. The molecule has 9 heteroatoms. The molecule has 2 heterocycles. The van der Waals surface area contributed by atoms with Gasteiger partial charge < -0.3 is 24.6 Å². The zero-order chi connectivity index (χ0) is 21.5. The third kappa shape index (κ3) is 5.16. The summed E-state index contributed by atoms with van der Waals surface area (Å²) in [5.41, 5.74) is 0.825. The molecule has 0 unspecified atom stereocenters. The summed E-state index contributed by atoms with van der Waals surface area (Å²) in [5.74, 6) is 0.180. The molecule has 0 aliphatic carbocycles. The van der Waals surface area contributed by atoms with Gasteiger partial charge in [-0.1, -0.05) is 0 Å². The Labute approximate surface area is 174 Å². The summed E-state index contributed by atoms with van der Waals surface area (Å²) in [4.78, 5) is 32.6. The van der Waals surface area contributed by atoms with Crippen LogP contribution in [0.25, 0.3) is 0 Å². The van der Waals surface area contributed by atoms with Gasteiger partial charge in [0.25, 0.3) is 0 Å². The molecule has 0 bridgehead atoms. The molecule has 0 saturated carbocycles. The summed E-state index contributed by atoms with van der Waals surface area (Å²) >= 11 is 0. The van der Waals surface area contributed by atoms with E-state index in [1.165, 1.54) is 31.5 Å². The zero-order valence-electron chi connectivity index (χ0n) is 17.1. The number of nitrogens with one attached hydrogen (secondary N) is 1. The Morgan fingerprint density at radius 3 is 2.70 bits per heavy atom. The fraction of sp³-hybridized carbons (Fsp3) is 0.381. The highest BCUT2D eigenvalue weighted by Gasteiger charge is 2.21. The molecular formula is C21H25FN4O4. The minimum Gasteiger partial charge on any atom is -0.494 e. The second-order valence-electron chi connectivity index (χ2n) is 6.73. The number of methoxy groups -OCH3 is 1. The monoisotopic (exact) mass is 416 g/mol. The third-order valence-corrected chi connectivity index (χ3v) is 4.77. The van der Waals surface area contributed by atoms with Crippen molar-refractivity contribution in [2.24, 2.45) is 0 Å². The van der Waals surface area contributed by atoms with E-state index in [0.29, 0.717) is 37.5 Å². The van der Waals surface area contributed by atoms with E-state index in [2.05, 4.69) is 15.2 Å². The fourth-order valence-electron chi connectivity index (χ4n) is 3.22. The Hall–Kier alpha value is -3.36. The number of anilines is 2. The number of urea groups is 1.